The van der Waals surface area contributed by atoms with Crippen molar-refractivity contribution < 1.29 is 0 Å². The zero-order valence-electron chi connectivity index (χ0n) is 10.5. The Labute approximate surface area is 112 Å². The maximum absolute atomic E-state index is 5.53. The fraction of sp³-hybridized carbons (Fsp3) is 0.286. The van der Waals surface area contributed by atoms with Crippen molar-refractivity contribution in [2.75, 3.05) is 6.54 Å². The van der Waals surface area contributed by atoms with Gasteiger partial charge >= 0.3 is 0 Å². The van der Waals surface area contributed by atoms with E-state index in [0.717, 1.165) is 23.7 Å². The molecule has 1 aromatic heterocycles. The third-order valence-electron chi connectivity index (χ3n) is 2.61. The summed E-state index contributed by atoms with van der Waals surface area (Å²) >= 11 is 1.77. The average Bonchev–Trinajstić information content (AvgIpc) is 2.39. The van der Waals surface area contributed by atoms with E-state index in [2.05, 4.69) is 41.2 Å². The van der Waals surface area contributed by atoms with E-state index in [1.807, 2.05) is 12.3 Å². The van der Waals surface area contributed by atoms with Gasteiger partial charge in [-0.1, -0.05) is 18.2 Å². The lowest BCUT2D eigenvalue weighted by atomic mass is 10.2. The molecule has 0 spiro atoms. The first-order valence-corrected chi connectivity index (χ1v) is 6.97. The van der Waals surface area contributed by atoms with Crippen molar-refractivity contribution in [2.45, 2.75) is 24.0 Å². The lowest BCUT2D eigenvalue weighted by Crippen LogP contribution is -2.06. The molecular formula is C14H17N3S. The zero-order chi connectivity index (χ0) is 12.8. The monoisotopic (exact) mass is 259 g/mol. The second kappa shape index (κ2) is 6.52. The molecule has 2 N–H and O–H groups in total. The number of rotatable bonds is 5. The van der Waals surface area contributed by atoms with Gasteiger partial charge in [-0.25, -0.2) is 9.97 Å². The summed E-state index contributed by atoms with van der Waals surface area (Å²) in [6.45, 7) is 2.75. The number of nitrogens with zero attached hydrogens (tertiary/aromatic N) is 2. The van der Waals surface area contributed by atoms with E-state index in [9.17, 15) is 0 Å². The summed E-state index contributed by atoms with van der Waals surface area (Å²) < 4.78 is 0. The fourth-order valence-corrected chi connectivity index (χ4v) is 2.55. The van der Waals surface area contributed by atoms with Gasteiger partial charge in [0.2, 0.25) is 0 Å². The van der Waals surface area contributed by atoms with Crippen molar-refractivity contribution in [3.05, 3.63) is 53.6 Å². The Bertz CT molecular complexity index is 514. The van der Waals surface area contributed by atoms with Gasteiger partial charge in [-0.05, 0) is 31.2 Å². The largest absolute Gasteiger partial charge is 0.330 e. The summed E-state index contributed by atoms with van der Waals surface area (Å²) in [6.07, 6.45) is 2.62. The number of aromatic nitrogens is 2. The molecule has 1 aromatic carbocycles. The molecule has 1 heterocycles. The molecule has 0 atom stereocenters. The maximum Gasteiger partial charge on any atom is 0.138 e. The molecule has 0 aliphatic heterocycles. The molecule has 0 amide bonds. The van der Waals surface area contributed by atoms with Crippen LogP contribution in [0, 0.1) is 6.92 Å². The lowest BCUT2D eigenvalue weighted by molar-refractivity contribution is 0.883. The van der Waals surface area contributed by atoms with E-state index < -0.39 is 0 Å². The number of aryl methyl sites for hydroxylation is 1. The molecule has 0 aliphatic carbocycles. The van der Waals surface area contributed by atoms with Gasteiger partial charge in [-0.2, -0.15) is 0 Å². The predicted molar refractivity (Wildman–Crippen MR) is 75.5 cm³/mol. The van der Waals surface area contributed by atoms with Gasteiger partial charge in [-0.15, -0.1) is 11.8 Å². The zero-order valence-corrected chi connectivity index (χ0v) is 11.3. The normalized spacial score (nSPS) is 10.6. The number of thioether (sulfide) groups is 1. The molecular weight excluding hydrogens is 242 g/mol. The molecule has 2 rings (SSSR count). The quantitative estimate of drug-likeness (QED) is 0.839. The Hall–Kier alpha value is -1.39. The van der Waals surface area contributed by atoms with Crippen LogP contribution in [0.4, 0.5) is 0 Å². The van der Waals surface area contributed by atoms with Crippen LogP contribution in [0.2, 0.25) is 0 Å². The van der Waals surface area contributed by atoms with Crippen LogP contribution in [0.1, 0.15) is 17.1 Å². The first-order valence-electron chi connectivity index (χ1n) is 5.99. The van der Waals surface area contributed by atoms with Crippen molar-refractivity contribution >= 4 is 11.8 Å². The van der Waals surface area contributed by atoms with Gasteiger partial charge in [0.1, 0.15) is 5.82 Å². The standard InChI is InChI=1S/C14H17N3S/c1-11-4-2-3-5-13(11)18-10-14-16-9-7-12(17-14)6-8-15/h2-5,7,9H,6,8,10,15H2,1H3. The lowest BCUT2D eigenvalue weighted by Gasteiger charge is -2.05. The van der Waals surface area contributed by atoms with Crippen LogP contribution in [-0.2, 0) is 12.2 Å². The molecule has 3 nitrogen and oxygen atoms in total. The van der Waals surface area contributed by atoms with E-state index in [4.69, 9.17) is 5.73 Å². The van der Waals surface area contributed by atoms with Crippen molar-refractivity contribution in [1.82, 2.24) is 9.97 Å². The second-order valence-electron chi connectivity index (χ2n) is 4.06. The van der Waals surface area contributed by atoms with Crippen molar-refractivity contribution in [3.63, 3.8) is 0 Å². The van der Waals surface area contributed by atoms with Crippen LogP contribution < -0.4 is 5.73 Å². The van der Waals surface area contributed by atoms with Gasteiger partial charge < -0.3 is 5.73 Å². The van der Waals surface area contributed by atoms with Crippen LogP contribution in [0.25, 0.3) is 0 Å². The van der Waals surface area contributed by atoms with Gasteiger partial charge in [0.05, 0.1) is 5.75 Å². The Balaban J connectivity index is 2.02. The summed E-state index contributed by atoms with van der Waals surface area (Å²) in [4.78, 5) is 10.1. The smallest absolute Gasteiger partial charge is 0.138 e. The summed E-state index contributed by atoms with van der Waals surface area (Å²) in [7, 11) is 0. The molecule has 0 aliphatic rings. The summed E-state index contributed by atoms with van der Waals surface area (Å²) in [6, 6.07) is 10.3. The number of hydrogen-bond donors (Lipinski definition) is 1. The van der Waals surface area contributed by atoms with Crippen molar-refractivity contribution in [2.24, 2.45) is 5.73 Å². The van der Waals surface area contributed by atoms with Crippen LogP contribution in [0.15, 0.2) is 41.4 Å². The van der Waals surface area contributed by atoms with Crippen LogP contribution in [-0.4, -0.2) is 16.5 Å². The Morgan fingerprint density at radius 2 is 2.06 bits per heavy atom. The van der Waals surface area contributed by atoms with Gasteiger partial charge in [0.15, 0.2) is 0 Å². The summed E-state index contributed by atoms with van der Waals surface area (Å²) in [5.74, 6) is 1.66. The Kier molecular flexibility index (Phi) is 4.73. The van der Waals surface area contributed by atoms with Gasteiger partial charge in [-0.3, -0.25) is 0 Å². The first-order chi connectivity index (χ1) is 8.79. The maximum atomic E-state index is 5.53. The molecule has 0 fully saturated rings. The molecule has 4 heteroatoms. The molecule has 94 valence electrons. The highest BCUT2D eigenvalue weighted by atomic mass is 32.2. The van der Waals surface area contributed by atoms with E-state index in [1.165, 1.54) is 10.5 Å². The molecule has 0 radical (unpaired) electrons. The highest BCUT2D eigenvalue weighted by molar-refractivity contribution is 7.98. The van der Waals surface area contributed by atoms with Crippen LogP contribution in [0.3, 0.4) is 0 Å². The number of hydrogen-bond acceptors (Lipinski definition) is 4. The van der Waals surface area contributed by atoms with E-state index in [0.29, 0.717) is 6.54 Å². The highest BCUT2D eigenvalue weighted by Crippen LogP contribution is 2.24. The Morgan fingerprint density at radius 3 is 2.83 bits per heavy atom. The second-order valence-corrected chi connectivity index (χ2v) is 5.07. The number of benzene rings is 1. The van der Waals surface area contributed by atoms with Gasteiger partial charge in [0, 0.05) is 23.2 Å². The highest BCUT2D eigenvalue weighted by Gasteiger charge is 2.02. The third-order valence-corrected chi connectivity index (χ3v) is 3.79. The molecule has 0 bridgehead atoms. The molecule has 0 unspecified atom stereocenters. The fourth-order valence-electron chi connectivity index (χ4n) is 1.66. The minimum Gasteiger partial charge on any atom is -0.330 e. The summed E-state index contributed by atoms with van der Waals surface area (Å²) in [5, 5.41) is 0. The van der Waals surface area contributed by atoms with E-state index in [-0.39, 0.29) is 0 Å². The van der Waals surface area contributed by atoms with Gasteiger partial charge in [0.25, 0.3) is 0 Å². The van der Waals surface area contributed by atoms with Crippen molar-refractivity contribution in [3.8, 4) is 0 Å². The van der Waals surface area contributed by atoms with E-state index >= 15 is 0 Å². The third kappa shape index (κ3) is 3.55. The van der Waals surface area contributed by atoms with Crippen molar-refractivity contribution in [1.29, 1.82) is 0 Å². The van der Waals surface area contributed by atoms with E-state index in [1.54, 1.807) is 11.8 Å². The molecule has 18 heavy (non-hydrogen) atoms. The van der Waals surface area contributed by atoms with Crippen LogP contribution >= 0.6 is 11.8 Å². The molecule has 0 saturated carbocycles. The minimum atomic E-state index is 0.626. The first kappa shape index (κ1) is 13.1. The Morgan fingerprint density at radius 1 is 1.22 bits per heavy atom. The minimum absolute atomic E-state index is 0.626. The SMILES string of the molecule is Cc1ccccc1SCc1nccc(CCN)n1. The topological polar surface area (TPSA) is 51.8 Å². The molecule has 0 saturated heterocycles. The average molecular weight is 259 g/mol. The predicted octanol–water partition coefficient (Wildman–Crippen LogP) is 2.58. The van der Waals surface area contributed by atoms with Crippen LogP contribution in [0.5, 0.6) is 0 Å². The number of nitrogens with two attached hydrogens (primary N) is 1. The summed E-state index contributed by atoms with van der Waals surface area (Å²) in [5.41, 5.74) is 7.84. The molecule has 2 aromatic rings.